The van der Waals surface area contributed by atoms with Gasteiger partial charge in [-0.25, -0.2) is 4.39 Å². The van der Waals surface area contributed by atoms with Crippen LogP contribution in [0.2, 0.25) is 5.02 Å². The summed E-state index contributed by atoms with van der Waals surface area (Å²) in [6.07, 6.45) is 5.86. The van der Waals surface area contributed by atoms with Crippen LogP contribution in [0, 0.1) is 5.82 Å². The lowest BCUT2D eigenvalue weighted by Crippen LogP contribution is -2.39. The molecule has 2 rings (SSSR count). The standard InChI is InChI=1S/C15H17ClFNO/c1-2-9-18(12-5-3-4-6-12)15(19)13-10-11(16)7-8-14(13)17/h2,7-8,10,12H,1,3-6,9H2. The van der Waals surface area contributed by atoms with Crippen molar-refractivity contribution in [1.29, 1.82) is 0 Å². The molecule has 0 unspecified atom stereocenters. The van der Waals surface area contributed by atoms with Gasteiger partial charge in [0.05, 0.1) is 5.56 Å². The van der Waals surface area contributed by atoms with Crippen LogP contribution >= 0.6 is 11.6 Å². The molecule has 0 radical (unpaired) electrons. The molecule has 102 valence electrons. The van der Waals surface area contributed by atoms with Crippen molar-refractivity contribution in [2.24, 2.45) is 0 Å². The van der Waals surface area contributed by atoms with Gasteiger partial charge in [0.2, 0.25) is 0 Å². The Hall–Kier alpha value is -1.35. The lowest BCUT2D eigenvalue weighted by molar-refractivity contribution is 0.0702. The molecular formula is C15H17ClFNO. The lowest BCUT2D eigenvalue weighted by Gasteiger charge is -2.28. The molecule has 2 nitrogen and oxygen atoms in total. The molecule has 1 aliphatic rings. The van der Waals surface area contributed by atoms with E-state index in [1.807, 2.05) is 0 Å². The van der Waals surface area contributed by atoms with Crippen LogP contribution in [0.3, 0.4) is 0 Å². The SMILES string of the molecule is C=CCN(C(=O)c1cc(Cl)ccc1F)C1CCCC1. The monoisotopic (exact) mass is 281 g/mol. The molecule has 4 heteroatoms. The van der Waals surface area contributed by atoms with Crippen molar-refractivity contribution in [2.75, 3.05) is 6.54 Å². The topological polar surface area (TPSA) is 20.3 Å². The molecule has 0 saturated heterocycles. The zero-order valence-corrected chi connectivity index (χ0v) is 11.5. The third-order valence-electron chi connectivity index (χ3n) is 3.51. The van der Waals surface area contributed by atoms with E-state index in [2.05, 4.69) is 6.58 Å². The molecule has 1 fully saturated rings. The zero-order valence-electron chi connectivity index (χ0n) is 10.7. The van der Waals surface area contributed by atoms with E-state index >= 15 is 0 Å². The van der Waals surface area contributed by atoms with E-state index in [1.54, 1.807) is 11.0 Å². The second-order valence-electron chi connectivity index (χ2n) is 4.81. The van der Waals surface area contributed by atoms with Gasteiger partial charge in [0.1, 0.15) is 5.82 Å². The Kier molecular flexibility index (Phi) is 4.59. The maximum Gasteiger partial charge on any atom is 0.257 e. The summed E-state index contributed by atoms with van der Waals surface area (Å²) >= 11 is 5.84. The van der Waals surface area contributed by atoms with E-state index in [0.29, 0.717) is 11.6 Å². The van der Waals surface area contributed by atoms with Crippen molar-refractivity contribution in [3.8, 4) is 0 Å². The van der Waals surface area contributed by atoms with Gasteiger partial charge in [0.15, 0.2) is 0 Å². The first-order valence-electron chi connectivity index (χ1n) is 6.50. The molecule has 0 bridgehead atoms. The van der Waals surface area contributed by atoms with Crippen molar-refractivity contribution in [1.82, 2.24) is 4.90 Å². The van der Waals surface area contributed by atoms with Crippen LogP contribution in [0.5, 0.6) is 0 Å². The van der Waals surface area contributed by atoms with Crippen LogP contribution in [0.4, 0.5) is 4.39 Å². The minimum atomic E-state index is -0.526. The average molecular weight is 282 g/mol. The second kappa shape index (κ2) is 6.20. The number of amides is 1. The predicted octanol–water partition coefficient (Wildman–Crippen LogP) is 4.05. The summed E-state index contributed by atoms with van der Waals surface area (Å²) in [5.74, 6) is -0.826. The molecule has 1 amide bonds. The number of benzene rings is 1. The average Bonchev–Trinajstić information content (AvgIpc) is 2.92. The molecule has 0 aliphatic heterocycles. The summed E-state index contributed by atoms with van der Waals surface area (Å²) < 4.78 is 13.8. The number of hydrogen-bond acceptors (Lipinski definition) is 1. The number of nitrogens with zero attached hydrogens (tertiary/aromatic N) is 1. The van der Waals surface area contributed by atoms with Crippen molar-refractivity contribution < 1.29 is 9.18 Å². The number of carbonyl (C=O) groups is 1. The molecular weight excluding hydrogens is 265 g/mol. The van der Waals surface area contributed by atoms with E-state index in [9.17, 15) is 9.18 Å². The third kappa shape index (κ3) is 3.16. The van der Waals surface area contributed by atoms with Crippen molar-refractivity contribution in [2.45, 2.75) is 31.7 Å². The van der Waals surface area contributed by atoms with E-state index in [4.69, 9.17) is 11.6 Å². The molecule has 0 spiro atoms. The van der Waals surface area contributed by atoms with Crippen molar-refractivity contribution in [3.05, 3.63) is 47.3 Å². The van der Waals surface area contributed by atoms with Crippen molar-refractivity contribution in [3.63, 3.8) is 0 Å². The van der Waals surface area contributed by atoms with Gasteiger partial charge < -0.3 is 4.90 Å². The van der Waals surface area contributed by atoms with E-state index < -0.39 is 5.82 Å². The summed E-state index contributed by atoms with van der Waals surface area (Å²) in [5.41, 5.74) is 0.0428. The Bertz CT molecular complexity index is 483. The molecule has 0 N–H and O–H groups in total. The first-order chi connectivity index (χ1) is 9.13. The molecule has 0 atom stereocenters. The fourth-order valence-corrected chi connectivity index (χ4v) is 2.74. The Morgan fingerprint density at radius 1 is 1.47 bits per heavy atom. The predicted molar refractivity (Wildman–Crippen MR) is 74.9 cm³/mol. The largest absolute Gasteiger partial charge is 0.332 e. The summed E-state index contributed by atoms with van der Waals surface area (Å²) in [4.78, 5) is 14.2. The molecule has 1 aromatic carbocycles. The van der Waals surface area contributed by atoms with Crippen LogP contribution in [-0.4, -0.2) is 23.4 Å². The fraction of sp³-hybridized carbons (Fsp3) is 0.400. The quantitative estimate of drug-likeness (QED) is 0.763. The molecule has 19 heavy (non-hydrogen) atoms. The van der Waals surface area contributed by atoms with Gasteiger partial charge in [0.25, 0.3) is 5.91 Å². The zero-order chi connectivity index (χ0) is 13.8. The highest BCUT2D eigenvalue weighted by Crippen LogP contribution is 2.26. The highest BCUT2D eigenvalue weighted by Gasteiger charge is 2.28. The molecule has 1 saturated carbocycles. The van der Waals surface area contributed by atoms with E-state index in [-0.39, 0.29) is 17.5 Å². The Balaban J connectivity index is 2.27. The van der Waals surface area contributed by atoms with Gasteiger partial charge in [-0.1, -0.05) is 30.5 Å². The maximum absolute atomic E-state index is 13.8. The van der Waals surface area contributed by atoms with Gasteiger partial charge in [-0.15, -0.1) is 6.58 Å². The molecule has 1 aromatic rings. The van der Waals surface area contributed by atoms with Crippen LogP contribution in [-0.2, 0) is 0 Å². The lowest BCUT2D eigenvalue weighted by atomic mass is 10.1. The maximum atomic E-state index is 13.8. The summed E-state index contributed by atoms with van der Waals surface area (Å²) in [6, 6.07) is 4.26. The number of hydrogen-bond donors (Lipinski definition) is 0. The number of rotatable bonds is 4. The smallest absolute Gasteiger partial charge is 0.257 e. The fourth-order valence-electron chi connectivity index (χ4n) is 2.57. The first kappa shape index (κ1) is 14.1. The van der Waals surface area contributed by atoms with Gasteiger partial charge in [-0.2, -0.15) is 0 Å². The molecule has 0 aromatic heterocycles. The van der Waals surface area contributed by atoms with Gasteiger partial charge in [-0.05, 0) is 31.0 Å². The van der Waals surface area contributed by atoms with E-state index in [1.165, 1.54) is 18.2 Å². The van der Waals surface area contributed by atoms with Gasteiger partial charge in [-0.3, -0.25) is 4.79 Å². The van der Waals surface area contributed by atoms with Crippen molar-refractivity contribution >= 4 is 17.5 Å². The molecule has 1 aliphatic carbocycles. The Morgan fingerprint density at radius 3 is 2.79 bits per heavy atom. The number of carbonyl (C=O) groups excluding carboxylic acids is 1. The summed E-state index contributed by atoms with van der Waals surface area (Å²) in [5, 5.41) is 0.370. The molecule has 0 heterocycles. The normalized spacial score (nSPS) is 15.5. The van der Waals surface area contributed by atoms with Crippen LogP contribution in [0.25, 0.3) is 0 Å². The highest BCUT2D eigenvalue weighted by atomic mass is 35.5. The van der Waals surface area contributed by atoms with Gasteiger partial charge in [0, 0.05) is 17.6 Å². The number of halogens is 2. The third-order valence-corrected chi connectivity index (χ3v) is 3.75. The van der Waals surface area contributed by atoms with Crippen LogP contribution < -0.4 is 0 Å². The first-order valence-corrected chi connectivity index (χ1v) is 6.88. The Labute approximate surface area is 117 Å². The minimum absolute atomic E-state index is 0.0428. The summed E-state index contributed by atoms with van der Waals surface area (Å²) in [6.45, 7) is 4.11. The van der Waals surface area contributed by atoms with Gasteiger partial charge >= 0.3 is 0 Å². The highest BCUT2D eigenvalue weighted by molar-refractivity contribution is 6.31. The summed E-state index contributed by atoms with van der Waals surface area (Å²) in [7, 11) is 0. The van der Waals surface area contributed by atoms with Crippen LogP contribution in [0.15, 0.2) is 30.9 Å². The van der Waals surface area contributed by atoms with Crippen LogP contribution in [0.1, 0.15) is 36.0 Å². The Morgan fingerprint density at radius 2 is 2.16 bits per heavy atom. The second-order valence-corrected chi connectivity index (χ2v) is 5.25. The van der Waals surface area contributed by atoms with E-state index in [0.717, 1.165) is 25.7 Å². The minimum Gasteiger partial charge on any atom is -0.332 e.